The minimum Gasteiger partial charge on any atom is -0.337 e. The normalized spacial score (nSPS) is 19.5. The maximum absolute atomic E-state index is 12.7. The summed E-state index contributed by atoms with van der Waals surface area (Å²) in [5.74, 6) is 0.0155. The van der Waals surface area contributed by atoms with E-state index in [4.69, 9.17) is 0 Å². The van der Waals surface area contributed by atoms with Crippen LogP contribution in [0.2, 0.25) is 0 Å². The summed E-state index contributed by atoms with van der Waals surface area (Å²) in [6.07, 6.45) is 5.17. The second-order valence-electron chi connectivity index (χ2n) is 6.29. The van der Waals surface area contributed by atoms with Crippen LogP contribution in [0.5, 0.6) is 0 Å². The highest BCUT2D eigenvalue weighted by atomic mass is 32.2. The Kier molecular flexibility index (Phi) is 5.08. The van der Waals surface area contributed by atoms with Gasteiger partial charge in [0, 0.05) is 28.8 Å². The summed E-state index contributed by atoms with van der Waals surface area (Å²) >= 11 is 0. The minimum absolute atomic E-state index is 0.0155. The van der Waals surface area contributed by atoms with E-state index < -0.39 is 10.8 Å². The van der Waals surface area contributed by atoms with Crippen LogP contribution >= 0.6 is 0 Å². The molecular weight excluding hydrogens is 324 g/mol. The van der Waals surface area contributed by atoms with Crippen LogP contribution in [0.1, 0.15) is 43.1 Å². The fourth-order valence-corrected chi connectivity index (χ4v) is 3.90. The molecule has 2 heterocycles. The summed E-state index contributed by atoms with van der Waals surface area (Å²) in [7, 11) is -1.03. The van der Waals surface area contributed by atoms with Crippen LogP contribution in [0.3, 0.4) is 0 Å². The van der Waals surface area contributed by atoms with E-state index in [1.807, 2.05) is 23.4 Å². The van der Waals surface area contributed by atoms with Gasteiger partial charge in [-0.2, -0.15) is 5.10 Å². The van der Waals surface area contributed by atoms with Crippen LogP contribution in [-0.4, -0.2) is 48.1 Å². The van der Waals surface area contributed by atoms with Gasteiger partial charge in [0.25, 0.3) is 5.91 Å². The molecule has 2 aromatic rings. The fourth-order valence-electron chi connectivity index (χ4n) is 2.95. The first-order valence-corrected chi connectivity index (χ1v) is 9.41. The average Bonchev–Trinajstić information content (AvgIpc) is 3.15. The Morgan fingerprint density at radius 1 is 1.29 bits per heavy atom. The van der Waals surface area contributed by atoms with Crippen molar-refractivity contribution in [2.24, 2.45) is 0 Å². The predicted molar refractivity (Wildman–Crippen MR) is 92.2 cm³/mol. The van der Waals surface area contributed by atoms with E-state index in [0.29, 0.717) is 12.1 Å². The molecule has 1 aliphatic rings. The van der Waals surface area contributed by atoms with E-state index >= 15 is 0 Å². The van der Waals surface area contributed by atoms with Crippen LogP contribution in [0.15, 0.2) is 41.8 Å². The molecule has 7 heteroatoms. The summed E-state index contributed by atoms with van der Waals surface area (Å²) in [5, 5.41) is 4.25. The molecule has 2 atom stereocenters. The number of amides is 1. The van der Waals surface area contributed by atoms with Gasteiger partial charge >= 0.3 is 0 Å². The summed E-state index contributed by atoms with van der Waals surface area (Å²) in [6.45, 7) is 5.24. The molecule has 3 rings (SSSR count). The molecule has 24 heavy (non-hydrogen) atoms. The van der Waals surface area contributed by atoms with Crippen LogP contribution in [0, 0.1) is 0 Å². The molecule has 0 N–H and O–H groups in total. The summed E-state index contributed by atoms with van der Waals surface area (Å²) in [6, 6.07) is 7.32. The lowest BCUT2D eigenvalue weighted by molar-refractivity contribution is 0.0672. The van der Waals surface area contributed by atoms with Gasteiger partial charge in [0.1, 0.15) is 12.7 Å². The first-order chi connectivity index (χ1) is 11.6. The zero-order valence-electron chi connectivity index (χ0n) is 14.0. The van der Waals surface area contributed by atoms with E-state index in [2.05, 4.69) is 10.1 Å². The Balaban J connectivity index is 1.70. The summed E-state index contributed by atoms with van der Waals surface area (Å²) in [5.41, 5.74) is 0.638. The Hall–Kier alpha value is -2.02. The van der Waals surface area contributed by atoms with Crippen molar-refractivity contribution in [2.75, 3.05) is 13.1 Å². The molecule has 1 aromatic carbocycles. The lowest BCUT2D eigenvalue weighted by Crippen LogP contribution is -2.40. The molecule has 1 fully saturated rings. The SMILES string of the molecule is CC(C)[S@](=O)c1ccc(C(=O)N2CCC[C@@H](n3cncn3)C2)cc1. The van der Waals surface area contributed by atoms with Gasteiger partial charge in [-0.3, -0.25) is 9.00 Å². The van der Waals surface area contributed by atoms with Gasteiger partial charge in [0.15, 0.2) is 0 Å². The van der Waals surface area contributed by atoms with Crippen LogP contribution in [-0.2, 0) is 10.8 Å². The first kappa shape index (κ1) is 16.8. The Labute approximate surface area is 144 Å². The molecule has 0 spiro atoms. The monoisotopic (exact) mass is 346 g/mol. The van der Waals surface area contributed by atoms with Crippen molar-refractivity contribution in [3.63, 3.8) is 0 Å². The number of carbonyl (C=O) groups is 1. The third-order valence-electron chi connectivity index (χ3n) is 4.26. The highest BCUT2D eigenvalue weighted by molar-refractivity contribution is 7.85. The van der Waals surface area contributed by atoms with Crippen LogP contribution in [0.4, 0.5) is 0 Å². The third-order valence-corrected chi connectivity index (χ3v) is 5.85. The van der Waals surface area contributed by atoms with Crippen molar-refractivity contribution in [1.82, 2.24) is 19.7 Å². The number of benzene rings is 1. The van der Waals surface area contributed by atoms with E-state index in [1.165, 1.54) is 6.33 Å². The molecule has 1 amide bonds. The van der Waals surface area contributed by atoms with Crippen molar-refractivity contribution in [2.45, 2.75) is 42.9 Å². The molecule has 0 bridgehead atoms. The molecule has 1 aliphatic heterocycles. The summed E-state index contributed by atoms with van der Waals surface area (Å²) < 4.78 is 13.9. The Bertz CT molecular complexity index is 713. The standard InChI is InChI=1S/C17H22N4O2S/c1-13(2)24(23)16-7-5-14(6-8-16)17(22)20-9-3-4-15(10-20)21-12-18-11-19-21/h5-8,11-13,15H,3-4,9-10H2,1-2H3/t15-,24+/m1/s1. The molecule has 0 unspecified atom stereocenters. The zero-order chi connectivity index (χ0) is 17.1. The van der Waals surface area contributed by atoms with Gasteiger partial charge in [-0.25, -0.2) is 9.67 Å². The Morgan fingerprint density at radius 2 is 2.04 bits per heavy atom. The van der Waals surface area contributed by atoms with Crippen molar-refractivity contribution in [3.05, 3.63) is 42.5 Å². The number of hydrogen-bond acceptors (Lipinski definition) is 4. The number of likely N-dealkylation sites (tertiary alicyclic amines) is 1. The number of piperidine rings is 1. The van der Waals surface area contributed by atoms with E-state index in [1.54, 1.807) is 30.6 Å². The van der Waals surface area contributed by atoms with Crippen molar-refractivity contribution in [3.8, 4) is 0 Å². The number of rotatable bonds is 4. The number of aromatic nitrogens is 3. The van der Waals surface area contributed by atoms with Gasteiger partial charge in [-0.1, -0.05) is 13.8 Å². The van der Waals surface area contributed by atoms with Gasteiger partial charge in [-0.15, -0.1) is 0 Å². The average molecular weight is 346 g/mol. The largest absolute Gasteiger partial charge is 0.337 e. The number of nitrogens with zero attached hydrogens (tertiary/aromatic N) is 4. The van der Waals surface area contributed by atoms with Gasteiger partial charge in [-0.05, 0) is 37.1 Å². The van der Waals surface area contributed by atoms with Crippen molar-refractivity contribution >= 4 is 16.7 Å². The molecule has 128 valence electrons. The van der Waals surface area contributed by atoms with Crippen LogP contribution < -0.4 is 0 Å². The van der Waals surface area contributed by atoms with E-state index in [-0.39, 0.29) is 17.2 Å². The number of carbonyl (C=O) groups excluding carboxylic acids is 1. The second-order valence-corrected chi connectivity index (χ2v) is 8.30. The molecule has 1 saturated heterocycles. The first-order valence-electron chi connectivity index (χ1n) is 8.20. The third kappa shape index (κ3) is 3.56. The van der Waals surface area contributed by atoms with Crippen LogP contribution in [0.25, 0.3) is 0 Å². The fraction of sp³-hybridized carbons (Fsp3) is 0.471. The topological polar surface area (TPSA) is 68.1 Å². The number of hydrogen-bond donors (Lipinski definition) is 0. The highest BCUT2D eigenvalue weighted by Crippen LogP contribution is 2.22. The molecule has 1 aromatic heterocycles. The van der Waals surface area contributed by atoms with Crippen molar-refractivity contribution < 1.29 is 9.00 Å². The van der Waals surface area contributed by atoms with Gasteiger partial charge < -0.3 is 4.90 Å². The molecule has 6 nitrogen and oxygen atoms in total. The van der Waals surface area contributed by atoms with Crippen molar-refractivity contribution in [1.29, 1.82) is 0 Å². The van der Waals surface area contributed by atoms with E-state index in [0.717, 1.165) is 24.3 Å². The maximum atomic E-state index is 12.7. The quantitative estimate of drug-likeness (QED) is 0.852. The second kappa shape index (κ2) is 7.25. The van der Waals surface area contributed by atoms with E-state index in [9.17, 15) is 9.00 Å². The lowest BCUT2D eigenvalue weighted by Gasteiger charge is -2.32. The zero-order valence-corrected chi connectivity index (χ0v) is 14.8. The lowest BCUT2D eigenvalue weighted by atomic mass is 10.0. The smallest absolute Gasteiger partial charge is 0.253 e. The van der Waals surface area contributed by atoms with Gasteiger partial charge in [0.2, 0.25) is 0 Å². The van der Waals surface area contributed by atoms with Gasteiger partial charge in [0.05, 0.1) is 16.8 Å². The highest BCUT2D eigenvalue weighted by Gasteiger charge is 2.26. The maximum Gasteiger partial charge on any atom is 0.253 e. The molecular formula is C17H22N4O2S. The summed E-state index contributed by atoms with van der Waals surface area (Å²) in [4.78, 5) is 19.3. The minimum atomic E-state index is -1.03. The Morgan fingerprint density at radius 3 is 2.67 bits per heavy atom. The predicted octanol–water partition coefficient (Wildman–Crippen LogP) is 2.27. The molecule has 0 aliphatic carbocycles. The molecule has 0 radical (unpaired) electrons. The molecule has 0 saturated carbocycles.